The molecule has 5 heteroatoms. The fraction of sp³-hybridized carbons (Fsp3) is 0.455. The number of aromatic hydroxyl groups is 1. The van der Waals surface area contributed by atoms with Crippen LogP contribution in [-0.2, 0) is 17.6 Å². The number of carboxylic acids is 1. The summed E-state index contributed by atoms with van der Waals surface area (Å²) >= 11 is 0. The number of aliphatic hydroxyl groups excluding tert-OH is 1. The normalized spacial score (nSPS) is 13.3. The zero-order valence-electron chi connectivity index (χ0n) is 16.5. The number of carbonyl (C=O) groups excluding carboxylic acids is 1. The molecule has 148 valence electrons. The summed E-state index contributed by atoms with van der Waals surface area (Å²) in [5.41, 5.74) is 1.86. The highest BCUT2D eigenvalue weighted by Gasteiger charge is 2.16. The van der Waals surface area contributed by atoms with Crippen molar-refractivity contribution in [2.75, 3.05) is 6.61 Å². The number of hydrogen-bond acceptors (Lipinski definition) is 4. The Kier molecular flexibility index (Phi) is 8.95. The number of carboxylic acid groups (broad SMARTS) is 1. The first-order chi connectivity index (χ1) is 12.6. The molecule has 1 atom stereocenters. The van der Waals surface area contributed by atoms with E-state index in [1.165, 1.54) is 12.1 Å². The van der Waals surface area contributed by atoms with Gasteiger partial charge in [0.05, 0.1) is 12.2 Å². The number of aliphatic hydroxyl groups is 1. The smallest absolute Gasteiger partial charge is 0.335 e. The average molecular weight is 374 g/mol. The molecule has 1 aromatic rings. The first kappa shape index (κ1) is 22.6. The second-order valence-electron chi connectivity index (χ2n) is 7.31. The van der Waals surface area contributed by atoms with Crippen molar-refractivity contribution in [2.24, 2.45) is 11.8 Å². The zero-order valence-corrected chi connectivity index (χ0v) is 16.5. The van der Waals surface area contributed by atoms with Gasteiger partial charge in [0.1, 0.15) is 5.75 Å². The Balaban J connectivity index is 3.00. The van der Waals surface area contributed by atoms with Crippen LogP contribution in [0.4, 0.5) is 0 Å². The molecule has 0 bridgehead atoms. The van der Waals surface area contributed by atoms with Crippen molar-refractivity contribution in [3.8, 4) is 5.75 Å². The topological polar surface area (TPSA) is 94.8 Å². The van der Waals surface area contributed by atoms with Crippen molar-refractivity contribution in [1.29, 1.82) is 0 Å². The maximum atomic E-state index is 12.1. The number of hydrogen-bond donors (Lipinski definition) is 3. The molecule has 0 amide bonds. The van der Waals surface area contributed by atoms with E-state index in [2.05, 4.69) is 0 Å². The molecule has 0 fully saturated rings. The average Bonchev–Trinajstić information content (AvgIpc) is 2.63. The lowest BCUT2D eigenvalue weighted by Crippen LogP contribution is -2.10. The van der Waals surface area contributed by atoms with Crippen molar-refractivity contribution in [1.82, 2.24) is 0 Å². The summed E-state index contributed by atoms with van der Waals surface area (Å²) in [7, 11) is 0. The minimum absolute atomic E-state index is 0.0271. The first-order valence-corrected chi connectivity index (χ1v) is 9.22. The Morgan fingerprint density at radius 2 is 1.78 bits per heavy atom. The van der Waals surface area contributed by atoms with Crippen molar-refractivity contribution in [2.45, 2.75) is 47.0 Å². The quantitative estimate of drug-likeness (QED) is 0.426. The van der Waals surface area contributed by atoms with Gasteiger partial charge in [-0.05, 0) is 61.4 Å². The van der Waals surface area contributed by atoms with Crippen LogP contribution in [0.1, 0.15) is 55.6 Å². The van der Waals surface area contributed by atoms with Crippen LogP contribution in [0, 0.1) is 11.8 Å². The molecular weight excluding hydrogens is 344 g/mol. The number of rotatable bonds is 10. The molecule has 0 radical (unpaired) electrons. The van der Waals surface area contributed by atoms with E-state index in [1.54, 1.807) is 19.1 Å². The molecule has 0 aliphatic carbocycles. The number of aryl methyl sites for hydroxylation is 1. The van der Waals surface area contributed by atoms with E-state index in [9.17, 15) is 19.8 Å². The lowest BCUT2D eigenvalue weighted by Gasteiger charge is -2.13. The Morgan fingerprint density at radius 1 is 1.15 bits per heavy atom. The zero-order chi connectivity index (χ0) is 20.6. The van der Waals surface area contributed by atoms with Crippen LogP contribution in [0.3, 0.4) is 0 Å². The van der Waals surface area contributed by atoms with Crippen LogP contribution in [0.2, 0.25) is 0 Å². The van der Waals surface area contributed by atoms with Crippen molar-refractivity contribution in [3.05, 3.63) is 52.6 Å². The number of carbonyl (C=O) groups is 2. The van der Waals surface area contributed by atoms with Crippen molar-refractivity contribution < 1.29 is 24.9 Å². The van der Waals surface area contributed by atoms with Crippen LogP contribution in [-0.4, -0.2) is 33.7 Å². The van der Waals surface area contributed by atoms with Gasteiger partial charge in [0, 0.05) is 5.92 Å². The largest absolute Gasteiger partial charge is 0.507 e. The highest BCUT2D eigenvalue weighted by molar-refractivity contribution is 5.91. The lowest BCUT2D eigenvalue weighted by molar-refractivity contribution is -0.117. The molecule has 0 saturated carbocycles. The van der Waals surface area contributed by atoms with E-state index in [4.69, 9.17) is 5.11 Å². The van der Waals surface area contributed by atoms with E-state index >= 15 is 0 Å². The van der Waals surface area contributed by atoms with Crippen molar-refractivity contribution >= 4 is 11.8 Å². The molecule has 0 heterocycles. The number of ketones is 1. The molecule has 0 saturated heterocycles. The number of phenols is 1. The monoisotopic (exact) mass is 374 g/mol. The summed E-state index contributed by atoms with van der Waals surface area (Å²) in [6.07, 6.45) is 6.46. The SMILES string of the molecule is CC(=CCc1cc(C(=O)O)cc(CCC(C)C(=O)C=CC(C)C)c1O)CO. The van der Waals surface area contributed by atoms with Gasteiger partial charge in [-0.2, -0.15) is 0 Å². The van der Waals surface area contributed by atoms with Crippen LogP contribution >= 0.6 is 0 Å². The Bertz CT molecular complexity index is 728. The van der Waals surface area contributed by atoms with Gasteiger partial charge >= 0.3 is 5.97 Å². The molecule has 0 spiro atoms. The predicted molar refractivity (Wildman–Crippen MR) is 106 cm³/mol. The van der Waals surface area contributed by atoms with Gasteiger partial charge in [0.15, 0.2) is 5.78 Å². The Labute approximate surface area is 161 Å². The summed E-state index contributed by atoms with van der Waals surface area (Å²) in [4.78, 5) is 23.5. The van der Waals surface area contributed by atoms with E-state index in [0.717, 1.165) is 5.57 Å². The summed E-state index contributed by atoms with van der Waals surface area (Å²) in [6, 6.07) is 2.91. The minimum atomic E-state index is -1.07. The summed E-state index contributed by atoms with van der Waals surface area (Å²) < 4.78 is 0. The molecule has 5 nitrogen and oxygen atoms in total. The molecule has 0 aromatic heterocycles. The fourth-order valence-electron chi connectivity index (χ4n) is 2.54. The Morgan fingerprint density at radius 3 is 2.33 bits per heavy atom. The second-order valence-corrected chi connectivity index (χ2v) is 7.31. The molecular formula is C22H30O5. The van der Waals surface area contributed by atoms with E-state index in [0.29, 0.717) is 36.3 Å². The highest BCUT2D eigenvalue weighted by Crippen LogP contribution is 2.28. The number of benzene rings is 1. The molecule has 0 aliphatic rings. The summed E-state index contributed by atoms with van der Waals surface area (Å²) in [5.74, 6) is -0.897. The van der Waals surface area contributed by atoms with Crippen LogP contribution in [0.15, 0.2) is 35.9 Å². The standard InChI is InChI=1S/C22H30O5/c1-14(2)5-10-20(24)16(4)7-9-18-12-19(22(26)27)11-17(21(18)25)8-6-15(3)13-23/h5-6,10-12,14,16,23,25H,7-9,13H2,1-4H3,(H,26,27). The van der Waals surface area contributed by atoms with Gasteiger partial charge in [-0.3, -0.25) is 4.79 Å². The minimum Gasteiger partial charge on any atom is -0.507 e. The van der Waals surface area contributed by atoms with Gasteiger partial charge in [-0.15, -0.1) is 0 Å². The van der Waals surface area contributed by atoms with E-state index in [-0.39, 0.29) is 29.6 Å². The van der Waals surface area contributed by atoms with E-state index in [1.807, 2.05) is 26.8 Å². The van der Waals surface area contributed by atoms with Gasteiger partial charge in [-0.1, -0.05) is 38.5 Å². The number of aromatic carboxylic acids is 1. The maximum absolute atomic E-state index is 12.1. The summed E-state index contributed by atoms with van der Waals surface area (Å²) in [6.45, 7) is 7.50. The van der Waals surface area contributed by atoms with E-state index < -0.39 is 5.97 Å². The van der Waals surface area contributed by atoms with Gasteiger partial charge < -0.3 is 15.3 Å². The van der Waals surface area contributed by atoms with Gasteiger partial charge in [0.2, 0.25) is 0 Å². The first-order valence-electron chi connectivity index (χ1n) is 9.22. The van der Waals surface area contributed by atoms with Crippen LogP contribution < -0.4 is 0 Å². The van der Waals surface area contributed by atoms with Crippen molar-refractivity contribution in [3.63, 3.8) is 0 Å². The predicted octanol–water partition coefficient (Wildman–Crippen LogP) is 3.92. The summed E-state index contributed by atoms with van der Waals surface area (Å²) in [5, 5.41) is 29.0. The third-order valence-electron chi connectivity index (χ3n) is 4.41. The molecule has 1 aromatic carbocycles. The van der Waals surface area contributed by atoms with Gasteiger partial charge in [0.25, 0.3) is 0 Å². The maximum Gasteiger partial charge on any atom is 0.335 e. The Hall–Kier alpha value is -2.40. The lowest BCUT2D eigenvalue weighted by atomic mass is 9.93. The molecule has 0 aliphatic heterocycles. The third-order valence-corrected chi connectivity index (χ3v) is 4.41. The second kappa shape index (κ2) is 10.7. The highest BCUT2D eigenvalue weighted by atomic mass is 16.4. The number of phenolic OH excluding ortho intramolecular Hbond substituents is 1. The molecule has 27 heavy (non-hydrogen) atoms. The van der Waals surface area contributed by atoms with Gasteiger partial charge in [-0.25, -0.2) is 4.79 Å². The van der Waals surface area contributed by atoms with Crippen LogP contribution in [0.25, 0.3) is 0 Å². The molecule has 3 N–H and O–H groups in total. The third kappa shape index (κ3) is 7.39. The molecule has 1 rings (SSSR count). The number of allylic oxidation sites excluding steroid dienone is 3. The molecule has 1 unspecified atom stereocenters. The van der Waals surface area contributed by atoms with Crippen LogP contribution in [0.5, 0.6) is 5.75 Å². The fourth-order valence-corrected chi connectivity index (χ4v) is 2.54.